The van der Waals surface area contributed by atoms with Gasteiger partial charge in [-0.1, -0.05) is 41.4 Å². The molecule has 2 aromatic rings. The van der Waals surface area contributed by atoms with Crippen molar-refractivity contribution >= 4 is 40.8 Å². The number of hydrogen-bond donors (Lipinski definition) is 3. The van der Waals surface area contributed by atoms with Gasteiger partial charge in [-0.25, -0.2) is 0 Å². The molecular weight excluding hydrogens is 411 g/mol. The topological polar surface area (TPSA) is 78.4 Å². The van der Waals surface area contributed by atoms with Gasteiger partial charge in [0.2, 0.25) is 5.91 Å². The van der Waals surface area contributed by atoms with Crippen LogP contribution in [0.3, 0.4) is 0 Å². The van der Waals surface area contributed by atoms with E-state index in [-0.39, 0.29) is 12.3 Å². The van der Waals surface area contributed by atoms with Crippen molar-refractivity contribution in [1.82, 2.24) is 5.32 Å². The van der Waals surface area contributed by atoms with E-state index in [1.165, 1.54) is 0 Å². The average molecular weight is 433 g/mol. The highest BCUT2D eigenvalue weighted by Crippen LogP contribution is 2.49. The molecule has 1 saturated carbocycles. The zero-order valence-corrected chi connectivity index (χ0v) is 17.3. The third kappa shape index (κ3) is 4.00. The van der Waals surface area contributed by atoms with Crippen LogP contribution in [-0.4, -0.2) is 23.5 Å². The molecule has 29 heavy (non-hydrogen) atoms. The molecule has 2 unspecified atom stereocenters. The summed E-state index contributed by atoms with van der Waals surface area (Å²) < 4.78 is 0. The number of nitrogens with one attached hydrogen (secondary N) is 2. The van der Waals surface area contributed by atoms with Crippen LogP contribution in [0.5, 0.6) is 0 Å². The Morgan fingerprint density at radius 2 is 1.97 bits per heavy atom. The van der Waals surface area contributed by atoms with Gasteiger partial charge in [0.15, 0.2) is 0 Å². The second-order valence-corrected chi connectivity index (χ2v) is 8.69. The number of anilines is 1. The smallest absolute Gasteiger partial charge is 0.303 e. The number of carbonyl (C=O) groups excluding carboxylic acids is 1. The predicted octanol–water partition coefficient (Wildman–Crippen LogP) is 4.79. The van der Waals surface area contributed by atoms with E-state index >= 15 is 0 Å². The SMILES string of the molecule is O=C(O)CCC(c1cccc(Cl)c1)C1(NCC2CC2)C(=O)Nc2cc(Cl)ccc21. The van der Waals surface area contributed by atoms with Gasteiger partial charge in [0, 0.05) is 33.6 Å². The maximum Gasteiger partial charge on any atom is 0.303 e. The van der Waals surface area contributed by atoms with E-state index in [9.17, 15) is 14.7 Å². The minimum Gasteiger partial charge on any atom is -0.481 e. The molecule has 2 atom stereocenters. The molecule has 0 saturated heterocycles. The Kier molecular flexibility index (Phi) is 5.56. The van der Waals surface area contributed by atoms with Gasteiger partial charge in [-0.15, -0.1) is 0 Å². The minimum absolute atomic E-state index is 0.0553. The Morgan fingerprint density at radius 3 is 2.66 bits per heavy atom. The van der Waals surface area contributed by atoms with Crippen molar-refractivity contribution < 1.29 is 14.7 Å². The van der Waals surface area contributed by atoms with Gasteiger partial charge < -0.3 is 10.4 Å². The van der Waals surface area contributed by atoms with E-state index in [0.717, 1.165) is 24.0 Å². The number of rotatable bonds is 8. The summed E-state index contributed by atoms with van der Waals surface area (Å²) in [4.78, 5) is 24.8. The Balaban J connectivity index is 1.85. The van der Waals surface area contributed by atoms with Gasteiger partial charge in [0.1, 0.15) is 5.54 Å². The van der Waals surface area contributed by atoms with E-state index in [1.54, 1.807) is 18.2 Å². The molecule has 0 spiro atoms. The zero-order chi connectivity index (χ0) is 20.6. The molecule has 152 valence electrons. The number of carboxylic acid groups (broad SMARTS) is 1. The first-order chi connectivity index (χ1) is 13.9. The van der Waals surface area contributed by atoms with Crippen molar-refractivity contribution in [2.24, 2.45) is 5.92 Å². The summed E-state index contributed by atoms with van der Waals surface area (Å²) >= 11 is 12.4. The first-order valence-electron chi connectivity index (χ1n) is 9.74. The van der Waals surface area contributed by atoms with E-state index in [2.05, 4.69) is 10.6 Å². The van der Waals surface area contributed by atoms with Gasteiger partial charge >= 0.3 is 5.97 Å². The molecule has 5 nitrogen and oxygen atoms in total. The number of halogens is 2. The second-order valence-electron chi connectivity index (χ2n) is 7.82. The molecular formula is C22H22Cl2N2O3. The van der Waals surface area contributed by atoms with Crippen LogP contribution < -0.4 is 10.6 Å². The molecule has 1 fully saturated rings. The number of amides is 1. The second kappa shape index (κ2) is 7.98. The molecule has 7 heteroatoms. The van der Waals surface area contributed by atoms with Crippen LogP contribution in [0, 0.1) is 5.92 Å². The van der Waals surface area contributed by atoms with E-state index in [0.29, 0.717) is 34.6 Å². The van der Waals surface area contributed by atoms with Crippen molar-refractivity contribution in [1.29, 1.82) is 0 Å². The fraction of sp³-hybridized carbons (Fsp3) is 0.364. The molecule has 0 bridgehead atoms. The minimum atomic E-state index is -1.08. The summed E-state index contributed by atoms with van der Waals surface area (Å²) in [7, 11) is 0. The lowest BCUT2D eigenvalue weighted by molar-refractivity contribution is -0.137. The lowest BCUT2D eigenvalue weighted by Gasteiger charge is -2.37. The molecule has 2 aromatic carbocycles. The fourth-order valence-corrected chi connectivity index (χ4v) is 4.57. The summed E-state index contributed by atoms with van der Waals surface area (Å²) in [5, 5.41) is 16.9. The Morgan fingerprint density at radius 1 is 1.21 bits per heavy atom. The predicted molar refractivity (Wildman–Crippen MR) is 114 cm³/mol. The number of carboxylic acids is 1. The molecule has 1 aliphatic heterocycles. The Bertz CT molecular complexity index is 961. The molecule has 1 aliphatic carbocycles. The molecule has 2 aliphatic rings. The largest absolute Gasteiger partial charge is 0.481 e. The number of fused-ring (bicyclic) bond motifs is 1. The monoisotopic (exact) mass is 432 g/mol. The molecule has 1 heterocycles. The highest BCUT2D eigenvalue weighted by atomic mass is 35.5. The van der Waals surface area contributed by atoms with Gasteiger partial charge in [-0.2, -0.15) is 0 Å². The van der Waals surface area contributed by atoms with Crippen LogP contribution >= 0.6 is 23.2 Å². The molecule has 0 radical (unpaired) electrons. The zero-order valence-electron chi connectivity index (χ0n) is 15.8. The maximum atomic E-state index is 13.4. The molecule has 3 N–H and O–H groups in total. The fourth-order valence-electron chi connectivity index (χ4n) is 4.20. The number of benzene rings is 2. The van der Waals surface area contributed by atoms with Crippen molar-refractivity contribution in [3.8, 4) is 0 Å². The van der Waals surface area contributed by atoms with Gasteiger partial charge in [0.25, 0.3) is 0 Å². The quantitative estimate of drug-likeness (QED) is 0.560. The molecule has 0 aromatic heterocycles. The Hall–Kier alpha value is -2.08. The van der Waals surface area contributed by atoms with Gasteiger partial charge in [-0.3, -0.25) is 14.9 Å². The maximum absolute atomic E-state index is 13.4. The normalized spacial score (nSPS) is 21.5. The standard InChI is InChI=1S/C22H22Cl2N2O3/c23-15-3-1-2-14(10-15)17(8-9-20(27)28)22(25-12-13-4-5-13)18-7-6-16(24)11-19(18)26-21(22)29/h1-3,6-7,10-11,13,17,25H,4-5,8-9,12H2,(H,26,29)(H,27,28). The third-order valence-electron chi connectivity index (χ3n) is 5.80. The number of hydrogen-bond acceptors (Lipinski definition) is 3. The molecule has 1 amide bonds. The van der Waals surface area contributed by atoms with Crippen LogP contribution in [0.15, 0.2) is 42.5 Å². The van der Waals surface area contributed by atoms with E-state index < -0.39 is 17.4 Å². The third-order valence-corrected chi connectivity index (χ3v) is 6.27. The summed E-state index contributed by atoms with van der Waals surface area (Å²) in [6.45, 7) is 0.694. The summed E-state index contributed by atoms with van der Waals surface area (Å²) in [6.07, 6.45) is 2.51. The van der Waals surface area contributed by atoms with Crippen LogP contribution in [0.2, 0.25) is 10.0 Å². The van der Waals surface area contributed by atoms with Crippen molar-refractivity contribution in [2.75, 3.05) is 11.9 Å². The van der Waals surface area contributed by atoms with Crippen LogP contribution in [-0.2, 0) is 15.1 Å². The van der Waals surface area contributed by atoms with E-state index in [1.807, 2.05) is 24.3 Å². The van der Waals surface area contributed by atoms with Crippen LogP contribution in [0.4, 0.5) is 5.69 Å². The summed E-state index contributed by atoms with van der Waals surface area (Å²) in [6, 6.07) is 12.7. The average Bonchev–Trinajstić information content (AvgIpc) is 3.45. The van der Waals surface area contributed by atoms with Crippen molar-refractivity contribution in [3.05, 3.63) is 63.6 Å². The lowest BCUT2D eigenvalue weighted by Crippen LogP contribution is -2.53. The first-order valence-corrected chi connectivity index (χ1v) is 10.5. The highest BCUT2D eigenvalue weighted by Gasteiger charge is 2.53. The summed E-state index contributed by atoms with van der Waals surface area (Å²) in [5.41, 5.74) is 1.21. The van der Waals surface area contributed by atoms with Crippen LogP contribution in [0.25, 0.3) is 0 Å². The first kappa shape index (κ1) is 20.2. The van der Waals surface area contributed by atoms with Gasteiger partial charge in [0.05, 0.1) is 0 Å². The van der Waals surface area contributed by atoms with Crippen molar-refractivity contribution in [3.63, 3.8) is 0 Å². The highest BCUT2D eigenvalue weighted by molar-refractivity contribution is 6.31. The van der Waals surface area contributed by atoms with Gasteiger partial charge in [-0.05, 0) is 61.6 Å². The van der Waals surface area contributed by atoms with E-state index in [4.69, 9.17) is 23.2 Å². The van der Waals surface area contributed by atoms with Crippen LogP contribution in [0.1, 0.15) is 42.7 Å². The lowest BCUT2D eigenvalue weighted by atomic mass is 9.72. The Labute approximate surface area is 179 Å². The number of aliphatic carboxylic acids is 1. The summed E-state index contributed by atoms with van der Waals surface area (Å²) in [5.74, 6) is -0.955. The van der Waals surface area contributed by atoms with Crippen molar-refractivity contribution in [2.45, 2.75) is 37.1 Å². The number of carbonyl (C=O) groups is 2. The molecule has 4 rings (SSSR count).